The Kier molecular flexibility index (Phi) is 7.59. The lowest BCUT2D eigenvalue weighted by Crippen LogP contribution is -2.58. The van der Waals surface area contributed by atoms with Gasteiger partial charge in [-0.1, -0.05) is 20.8 Å². The van der Waals surface area contributed by atoms with E-state index in [1.165, 1.54) is 25.7 Å². The van der Waals surface area contributed by atoms with Crippen LogP contribution in [0.15, 0.2) is 0 Å². The van der Waals surface area contributed by atoms with Gasteiger partial charge >= 0.3 is 0 Å². The van der Waals surface area contributed by atoms with E-state index < -0.39 is 0 Å². The van der Waals surface area contributed by atoms with Crippen molar-refractivity contribution in [3.05, 3.63) is 0 Å². The summed E-state index contributed by atoms with van der Waals surface area (Å²) in [4.78, 5) is 12.3. The molecule has 0 aromatic carbocycles. The van der Waals surface area contributed by atoms with E-state index >= 15 is 0 Å². The Morgan fingerprint density at radius 2 is 1.88 bits per heavy atom. The summed E-state index contributed by atoms with van der Waals surface area (Å²) in [6.45, 7) is 7.97. The van der Waals surface area contributed by atoms with Gasteiger partial charge in [0.2, 0.25) is 5.91 Å². The van der Waals surface area contributed by atoms with Gasteiger partial charge in [0, 0.05) is 18.7 Å². The van der Waals surface area contributed by atoms with Gasteiger partial charge in [0.15, 0.2) is 0 Å². The average molecular weight is 466 g/mol. The van der Waals surface area contributed by atoms with Gasteiger partial charge in [-0.2, -0.15) is 11.8 Å². The largest absolute Gasteiger partial charge is 0.393 e. The smallest absolute Gasteiger partial charge is 0.220 e. The van der Waals surface area contributed by atoms with Crippen LogP contribution in [-0.4, -0.2) is 46.9 Å². The van der Waals surface area contributed by atoms with Gasteiger partial charge in [-0.15, -0.1) is 0 Å². The second-order valence-electron chi connectivity index (χ2n) is 12.2. The second kappa shape index (κ2) is 9.77. The maximum Gasteiger partial charge on any atom is 0.220 e. The molecule has 32 heavy (non-hydrogen) atoms. The molecule has 0 spiro atoms. The van der Waals surface area contributed by atoms with Crippen molar-refractivity contribution >= 4 is 17.7 Å². The molecule has 0 aromatic rings. The summed E-state index contributed by atoms with van der Waals surface area (Å²) in [7, 11) is 0. The van der Waals surface area contributed by atoms with Gasteiger partial charge in [-0.05, 0) is 110 Å². The van der Waals surface area contributed by atoms with Crippen LogP contribution in [0.5, 0.6) is 0 Å². The molecule has 0 radical (unpaired) electrons. The van der Waals surface area contributed by atoms with Gasteiger partial charge in [-0.3, -0.25) is 4.79 Å². The molecule has 0 saturated heterocycles. The highest BCUT2D eigenvalue weighted by molar-refractivity contribution is 7.98. The van der Waals surface area contributed by atoms with Crippen LogP contribution in [0.25, 0.3) is 0 Å². The molecule has 4 saturated carbocycles. The number of thioether (sulfide) groups is 1. The molecule has 0 unspecified atom stereocenters. The van der Waals surface area contributed by atoms with Crippen LogP contribution < -0.4 is 5.32 Å². The molecule has 4 rings (SSSR count). The molecule has 0 bridgehead atoms. The topological polar surface area (TPSA) is 69.6 Å². The first-order valence-electron chi connectivity index (χ1n) is 13.3. The summed E-state index contributed by atoms with van der Waals surface area (Å²) in [6, 6.07) is 0. The zero-order chi connectivity index (χ0) is 23.1. The summed E-state index contributed by atoms with van der Waals surface area (Å²) in [5.74, 6) is 4.72. The van der Waals surface area contributed by atoms with E-state index in [9.17, 15) is 15.0 Å². The van der Waals surface area contributed by atoms with Crippen molar-refractivity contribution < 1.29 is 15.0 Å². The van der Waals surface area contributed by atoms with E-state index in [0.29, 0.717) is 41.4 Å². The number of aliphatic hydroxyl groups is 2. The number of amides is 1. The highest BCUT2D eigenvalue weighted by Crippen LogP contribution is 2.68. The lowest BCUT2D eigenvalue weighted by Gasteiger charge is -2.62. The van der Waals surface area contributed by atoms with E-state index in [2.05, 4.69) is 32.3 Å². The first kappa shape index (κ1) is 24.9. The Bertz CT molecular complexity index is 673. The minimum Gasteiger partial charge on any atom is -0.393 e. The third kappa shape index (κ3) is 4.28. The summed E-state index contributed by atoms with van der Waals surface area (Å²) in [5.41, 5.74) is 0.288. The van der Waals surface area contributed by atoms with Crippen molar-refractivity contribution in [2.45, 2.75) is 97.2 Å². The number of rotatable bonds is 7. The van der Waals surface area contributed by atoms with Crippen molar-refractivity contribution in [1.82, 2.24) is 5.32 Å². The first-order valence-corrected chi connectivity index (χ1v) is 14.7. The quantitative estimate of drug-likeness (QED) is 0.469. The predicted octanol–water partition coefficient (Wildman–Crippen LogP) is 4.87. The zero-order valence-electron chi connectivity index (χ0n) is 20.8. The first-order chi connectivity index (χ1) is 15.2. The molecule has 4 aliphatic rings. The molecule has 0 aromatic heterocycles. The highest BCUT2D eigenvalue weighted by atomic mass is 32.2. The van der Waals surface area contributed by atoms with Crippen LogP contribution in [0.4, 0.5) is 0 Å². The number of carbonyl (C=O) groups excluding carboxylic acids is 1. The molecule has 1 amide bonds. The molecule has 0 aliphatic heterocycles. The Morgan fingerprint density at radius 3 is 2.62 bits per heavy atom. The maximum atomic E-state index is 12.3. The van der Waals surface area contributed by atoms with Crippen LogP contribution in [0.1, 0.15) is 85.0 Å². The van der Waals surface area contributed by atoms with E-state index in [4.69, 9.17) is 0 Å². The number of nitrogens with one attached hydrogen (secondary N) is 1. The Morgan fingerprint density at radius 1 is 1.09 bits per heavy atom. The van der Waals surface area contributed by atoms with Gasteiger partial charge in [0.25, 0.3) is 0 Å². The summed E-state index contributed by atoms with van der Waals surface area (Å²) in [6.07, 6.45) is 12.2. The third-order valence-corrected chi connectivity index (χ3v) is 11.6. The summed E-state index contributed by atoms with van der Waals surface area (Å²) in [5, 5.41) is 25.0. The fourth-order valence-corrected chi connectivity index (χ4v) is 9.41. The Labute approximate surface area is 200 Å². The standard InChI is InChI=1S/C27H47NO3S/c1-17(5-10-25(31)28-13-14-32-4)21-8-9-22-20-7-6-18-15-19(29)11-12-26(18,2)23(20)16-24(30)27(21,22)3/h17-24,29-30H,5-16H2,1-4H3,(H,28,31)/t17-,18-,19-,20+,21-,22+,23+,24+,26+,27-/m1/s1. The molecule has 0 heterocycles. The number of fused-ring (bicyclic) bond motifs is 5. The van der Waals surface area contributed by atoms with Crippen LogP contribution in [-0.2, 0) is 4.79 Å². The van der Waals surface area contributed by atoms with Crippen LogP contribution >= 0.6 is 11.8 Å². The van der Waals surface area contributed by atoms with Gasteiger partial charge in [0.1, 0.15) is 0 Å². The molecule has 4 fully saturated rings. The summed E-state index contributed by atoms with van der Waals surface area (Å²) < 4.78 is 0. The van der Waals surface area contributed by atoms with Gasteiger partial charge in [0.05, 0.1) is 12.2 Å². The van der Waals surface area contributed by atoms with Crippen LogP contribution in [0, 0.1) is 46.3 Å². The highest BCUT2D eigenvalue weighted by Gasteiger charge is 2.63. The van der Waals surface area contributed by atoms with Crippen molar-refractivity contribution in [1.29, 1.82) is 0 Å². The molecule has 4 nitrogen and oxygen atoms in total. The number of hydrogen-bond acceptors (Lipinski definition) is 4. The second-order valence-corrected chi connectivity index (χ2v) is 13.2. The Hall–Kier alpha value is -0.260. The molecule has 184 valence electrons. The SMILES string of the molecule is CSCCNC(=O)CC[C@@H](C)[C@H]1CC[C@H]2[C@@H]3CC[C@@H]4C[C@H](O)CC[C@]4(C)[C@H]3C[C@H](O)[C@]12C. The number of hydrogen-bond donors (Lipinski definition) is 3. The molecular formula is C27H47NO3S. The van der Waals surface area contributed by atoms with E-state index in [-0.39, 0.29) is 23.5 Å². The molecule has 3 N–H and O–H groups in total. The summed E-state index contributed by atoms with van der Waals surface area (Å²) >= 11 is 1.76. The lowest BCUT2D eigenvalue weighted by atomic mass is 9.43. The number of carbonyl (C=O) groups is 1. The lowest BCUT2D eigenvalue weighted by molar-refractivity contribution is -0.174. The third-order valence-electron chi connectivity index (χ3n) is 11.0. The van der Waals surface area contributed by atoms with Crippen molar-refractivity contribution in [3.63, 3.8) is 0 Å². The van der Waals surface area contributed by atoms with Crippen LogP contribution in [0.2, 0.25) is 0 Å². The molecule has 5 heteroatoms. The number of aliphatic hydroxyl groups excluding tert-OH is 2. The van der Waals surface area contributed by atoms with Crippen molar-refractivity contribution in [3.8, 4) is 0 Å². The molecule has 10 atom stereocenters. The van der Waals surface area contributed by atoms with E-state index in [1.54, 1.807) is 11.8 Å². The maximum absolute atomic E-state index is 12.3. The fraction of sp³-hybridized carbons (Fsp3) is 0.963. The minimum absolute atomic E-state index is 0.00666. The van der Waals surface area contributed by atoms with Gasteiger partial charge < -0.3 is 15.5 Å². The average Bonchev–Trinajstić information content (AvgIpc) is 3.12. The zero-order valence-corrected chi connectivity index (χ0v) is 21.6. The Balaban J connectivity index is 1.43. The minimum atomic E-state index is -0.235. The predicted molar refractivity (Wildman–Crippen MR) is 132 cm³/mol. The normalized spacial score (nSPS) is 46.6. The van der Waals surface area contributed by atoms with E-state index in [1.807, 2.05) is 0 Å². The monoisotopic (exact) mass is 465 g/mol. The molecule has 4 aliphatic carbocycles. The fourth-order valence-electron chi connectivity index (χ4n) is 9.10. The van der Waals surface area contributed by atoms with Crippen molar-refractivity contribution in [2.75, 3.05) is 18.6 Å². The van der Waals surface area contributed by atoms with Gasteiger partial charge in [-0.25, -0.2) is 0 Å². The van der Waals surface area contributed by atoms with E-state index in [0.717, 1.165) is 50.3 Å². The van der Waals surface area contributed by atoms with Crippen LogP contribution in [0.3, 0.4) is 0 Å². The molecular weight excluding hydrogens is 418 g/mol. The van der Waals surface area contributed by atoms with Crippen molar-refractivity contribution in [2.24, 2.45) is 46.3 Å².